The maximum absolute atomic E-state index is 12.1. The molecule has 0 spiro atoms. The lowest BCUT2D eigenvalue weighted by Gasteiger charge is -2.22. The van der Waals surface area contributed by atoms with Gasteiger partial charge in [-0.3, -0.25) is 9.69 Å². The van der Waals surface area contributed by atoms with E-state index in [4.69, 9.17) is 4.74 Å². The molecule has 0 saturated heterocycles. The van der Waals surface area contributed by atoms with Gasteiger partial charge in [-0.2, -0.15) is 0 Å². The van der Waals surface area contributed by atoms with E-state index in [0.29, 0.717) is 13.1 Å². The molecule has 1 amide bonds. The molecule has 20 heavy (non-hydrogen) atoms. The number of carbonyl (C=O) groups excluding carboxylic acids is 1. The van der Waals surface area contributed by atoms with Gasteiger partial charge in [0.15, 0.2) is 0 Å². The van der Waals surface area contributed by atoms with E-state index in [9.17, 15) is 4.79 Å². The van der Waals surface area contributed by atoms with Crippen molar-refractivity contribution >= 4 is 5.91 Å². The summed E-state index contributed by atoms with van der Waals surface area (Å²) in [6.07, 6.45) is 2.28. The van der Waals surface area contributed by atoms with Gasteiger partial charge in [0.1, 0.15) is 5.75 Å². The number of benzene rings is 1. The Hall–Kier alpha value is -1.55. The number of likely N-dealkylation sites (N-methyl/N-ethyl adjacent to an activating group) is 2. The van der Waals surface area contributed by atoms with Gasteiger partial charge in [0.2, 0.25) is 5.91 Å². The van der Waals surface area contributed by atoms with E-state index >= 15 is 0 Å². The van der Waals surface area contributed by atoms with Gasteiger partial charge in [0, 0.05) is 13.6 Å². The van der Waals surface area contributed by atoms with Crippen molar-refractivity contribution in [1.82, 2.24) is 9.80 Å². The molecular formula is C16H26N2O2. The third-order valence-corrected chi connectivity index (χ3v) is 3.30. The lowest BCUT2D eigenvalue weighted by molar-refractivity contribution is -0.131. The quantitative estimate of drug-likeness (QED) is 0.732. The van der Waals surface area contributed by atoms with Gasteiger partial charge in [-0.1, -0.05) is 25.5 Å². The van der Waals surface area contributed by atoms with Crippen molar-refractivity contribution in [2.24, 2.45) is 0 Å². The molecule has 0 unspecified atom stereocenters. The molecule has 0 aliphatic heterocycles. The number of unbranched alkanes of at least 4 members (excludes halogenated alkanes) is 1. The Morgan fingerprint density at radius 2 is 1.85 bits per heavy atom. The molecule has 4 nitrogen and oxygen atoms in total. The summed E-state index contributed by atoms with van der Waals surface area (Å²) in [5.41, 5.74) is 1.11. The molecule has 0 radical (unpaired) electrons. The maximum atomic E-state index is 12.1. The summed E-state index contributed by atoms with van der Waals surface area (Å²) >= 11 is 0. The van der Waals surface area contributed by atoms with E-state index in [0.717, 1.165) is 30.7 Å². The van der Waals surface area contributed by atoms with Gasteiger partial charge in [0.25, 0.3) is 0 Å². The molecule has 0 saturated carbocycles. The Kier molecular flexibility index (Phi) is 7.09. The van der Waals surface area contributed by atoms with E-state index < -0.39 is 0 Å². The molecule has 0 bridgehead atoms. The predicted molar refractivity (Wildman–Crippen MR) is 81.9 cm³/mol. The third kappa shape index (κ3) is 5.61. The molecule has 0 aliphatic rings. The van der Waals surface area contributed by atoms with E-state index in [1.165, 1.54) is 0 Å². The highest BCUT2D eigenvalue weighted by atomic mass is 16.5. The minimum absolute atomic E-state index is 0.152. The smallest absolute Gasteiger partial charge is 0.236 e. The van der Waals surface area contributed by atoms with Crippen LogP contribution in [0, 0.1) is 0 Å². The Morgan fingerprint density at radius 3 is 2.40 bits per heavy atom. The van der Waals surface area contributed by atoms with Gasteiger partial charge in [0.05, 0.1) is 13.7 Å². The van der Waals surface area contributed by atoms with Crippen LogP contribution in [0.15, 0.2) is 24.3 Å². The first-order chi connectivity index (χ1) is 9.56. The second-order valence-corrected chi connectivity index (χ2v) is 5.19. The van der Waals surface area contributed by atoms with Crippen LogP contribution in [0.4, 0.5) is 0 Å². The molecule has 1 aromatic carbocycles. The van der Waals surface area contributed by atoms with Crippen molar-refractivity contribution in [3.8, 4) is 5.75 Å². The molecule has 0 fully saturated rings. The van der Waals surface area contributed by atoms with Crippen LogP contribution < -0.4 is 4.74 Å². The summed E-state index contributed by atoms with van der Waals surface area (Å²) in [5.74, 6) is 0.987. The number of hydrogen-bond acceptors (Lipinski definition) is 3. The van der Waals surface area contributed by atoms with Crippen molar-refractivity contribution in [3.05, 3.63) is 29.8 Å². The summed E-state index contributed by atoms with van der Waals surface area (Å²) in [7, 11) is 5.49. The number of amides is 1. The number of nitrogens with zero attached hydrogens (tertiary/aromatic N) is 2. The van der Waals surface area contributed by atoms with Crippen molar-refractivity contribution in [1.29, 1.82) is 0 Å². The van der Waals surface area contributed by atoms with Crippen molar-refractivity contribution < 1.29 is 9.53 Å². The molecule has 0 aromatic heterocycles. The topological polar surface area (TPSA) is 32.8 Å². The minimum atomic E-state index is 0.152. The fraction of sp³-hybridized carbons (Fsp3) is 0.562. The van der Waals surface area contributed by atoms with Crippen molar-refractivity contribution in [2.75, 3.05) is 34.3 Å². The summed E-state index contributed by atoms with van der Waals surface area (Å²) < 4.78 is 5.12. The Morgan fingerprint density at radius 1 is 1.20 bits per heavy atom. The zero-order valence-electron chi connectivity index (χ0n) is 13.1. The van der Waals surface area contributed by atoms with E-state index in [2.05, 4.69) is 11.8 Å². The highest BCUT2D eigenvalue weighted by Gasteiger charge is 2.11. The first kappa shape index (κ1) is 16.5. The molecule has 112 valence electrons. The average Bonchev–Trinajstić information content (AvgIpc) is 2.45. The Balaban J connectivity index is 2.44. The first-order valence-corrected chi connectivity index (χ1v) is 7.12. The molecular weight excluding hydrogens is 252 g/mol. The largest absolute Gasteiger partial charge is 0.497 e. The number of methoxy groups -OCH3 is 1. The van der Waals surface area contributed by atoms with Crippen LogP contribution in [0.25, 0.3) is 0 Å². The fourth-order valence-electron chi connectivity index (χ4n) is 1.95. The molecule has 0 aliphatic carbocycles. The lowest BCUT2D eigenvalue weighted by atomic mass is 10.2. The second-order valence-electron chi connectivity index (χ2n) is 5.19. The molecule has 1 aromatic rings. The zero-order valence-corrected chi connectivity index (χ0v) is 13.1. The molecule has 0 N–H and O–H groups in total. The number of carbonyl (C=O) groups is 1. The Labute approximate surface area is 122 Å². The van der Waals surface area contributed by atoms with Gasteiger partial charge in [-0.05, 0) is 37.7 Å². The standard InChI is InChI=1S/C16H26N2O2/c1-5-6-11-17(2)13-16(19)18(3)12-14-7-9-15(20-4)10-8-14/h7-10H,5-6,11-13H2,1-4H3. The molecule has 0 atom stereocenters. The summed E-state index contributed by atoms with van der Waals surface area (Å²) in [5, 5.41) is 0. The van der Waals surface area contributed by atoms with E-state index in [1.807, 2.05) is 38.4 Å². The number of hydrogen-bond donors (Lipinski definition) is 0. The summed E-state index contributed by atoms with van der Waals surface area (Å²) in [6.45, 7) is 4.24. The van der Waals surface area contributed by atoms with Gasteiger partial charge < -0.3 is 9.64 Å². The molecule has 4 heteroatoms. The zero-order chi connectivity index (χ0) is 15.0. The van der Waals surface area contributed by atoms with Crippen LogP contribution in [0.1, 0.15) is 25.3 Å². The highest BCUT2D eigenvalue weighted by Crippen LogP contribution is 2.12. The van der Waals surface area contributed by atoms with Crippen LogP contribution in [0.3, 0.4) is 0 Å². The monoisotopic (exact) mass is 278 g/mol. The first-order valence-electron chi connectivity index (χ1n) is 7.12. The SMILES string of the molecule is CCCCN(C)CC(=O)N(C)Cc1ccc(OC)cc1. The minimum Gasteiger partial charge on any atom is -0.497 e. The van der Waals surface area contributed by atoms with Crippen molar-refractivity contribution in [2.45, 2.75) is 26.3 Å². The van der Waals surface area contributed by atoms with E-state index in [1.54, 1.807) is 12.0 Å². The van der Waals surface area contributed by atoms with Gasteiger partial charge in [-0.15, -0.1) is 0 Å². The van der Waals surface area contributed by atoms with Crippen LogP contribution >= 0.6 is 0 Å². The fourth-order valence-corrected chi connectivity index (χ4v) is 1.95. The average molecular weight is 278 g/mol. The van der Waals surface area contributed by atoms with E-state index in [-0.39, 0.29) is 5.91 Å². The number of rotatable bonds is 8. The molecule has 1 rings (SSSR count). The van der Waals surface area contributed by atoms with Crippen LogP contribution in [0.2, 0.25) is 0 Å². The number of ether oxygens (including phenoxy) is 1. The molecule has 0 heterocycles. The van der Waals surface area contributed by atoms with Crippen molar-refractivity contribution in [3.63, 3.8) is 0 Å². The van der Waals surface area contributed by atoms with Gasteiger partial charge in [-0.25, -0.2) is 0 Å². The van der Waals surface area contributed by atoms with Gasteiger partial charge >= 0.3 is 0 Å². The lowest BCUT2D eigenvalue weighted by Crippen LogP contribution is -2.36. The summed E-state index contributed by atoms with van der Waals surface area (Å²) in [6, 6.07) is 7.81. The van der Waals surface area contributed by atoms with Crippen LogP contribution in [0.5, 0.6) is 5.75 Å². The maximum Gasteiger partial charge on any atom is 0.236 e. The van der Waals surface area contributed by atoms with Crippen LogP contribution in [-0.2, 0) is 11.3 Å². The predicted octanol–water partition coefficient (Wildman–Crippen LogP) is 2.39. The normalized spacial score (nSPS) is 10.7. The Bertz CT molecular complexity index is 403. The summed E-state index contributed by atoms with van der Waals surface area (Å²) in [4.78, 5) is 16.0. The van der Waals surface area contributed by atoms with Crippen LogP contribution in [-0.4, -0.2) is 50.0 Å². The highest BCUT2D eigenvalue weighted by molar-refractivity contribution is 5.77. The second kappa shape index (κ2) is 8.59. The third-order valence-electron chi connectivity index (χ3n) is 3.30.